The van der Waals surface area contributed by atoms with E-state index in [1.54, 1.807) is 0 Å². The smallest absolute Gasteiger partial charge is 0.328 e. The Balaban J connectivity index is 4.01. The van der Waals surface area contributed by atoms with Gasteiger partial charge in [0.05, 0.1) is 0 Å². The van der Waals surface area contributed by atoms with E-state index in [2.05, 4.69) is 0 Å². The largest absolute Gasteiger partial charge is 0.478 e. The molecule has 0 atom stereocenters. The average Bonchev–Trinajstić information content (AvgIpc) is 1.85. The first-order chi connectivity index (χ1) is 4.66. The highest BCUT2D eigenvalue weighted by Crippen LogP contribution is 1.83. The SMILES string of the molecule is NC(=C\C=O)/C=C/C(=O)O. The van der Waals surface area contributed by atoms with Crippen LogP contribution in [0.3, 0.4) is 0 Å². The minimum atomic E-state index is -1.10. The number of nitrogens with two attached hydrogens (primary N) is 1. The van der Waals surface area contributed by atoms with Gasteiger partial charge in [-0.05, 0) is 6.08 Å². The first-order valence-corrected chi connectivity index (χ1v) is 2.48. The molecule has 0 rings (SSSR count). The highest BCUT2D eigenvalue weighted by Gasteiger charge is 1.85. The Hall–Kier alpha value is -1.58. The number of hydrogen-bond donors (Lipinski definition) is 2. The molecule has 0 unspecified atom stereocenters. The number of carboxylic acid groups (broad SMARTS) is 1. The quantitative estimate of drug-likeness (QED) is 0.320. The zero-order chi connectivity index (χ0) is 7.98. The Kier molecular flexibility index (Phi) is 3.63. The fourth-order valence-corrected chi connectivity index (χ4v) is 0.302. The highest BCUT2D eigenvalue weighted by atomic mass is 16.4. The predicted molar refractivity (Wildman–Crippen MR) is 35.1 cm³/mol. The van der Waals surface area contributed by atoms with Crippen LogP contribution in [0.2, 0.25) is 0 Å². The monoisotopic (exact) mass is 141 g/mol. The van der Waals surface area contributed by atoms with Gasteiger partial charge in [-0.25, -0.2) is 4.79 Å². The number of aldehydes is 1. The standard InChI is InChI=1S/C6H7NO3/c7-5(3-4-8)1-2-6(9)10/h1-4H,7H2,(H,9,10)/b2-1+,5-3-. The molecule has 0 aromatic carbocycles. The van der Waals surface area contributed by atoms with Crippen molar-refractivity contribution in [1.29, 1.82) is 0 Å². The van der Waals surface area contributed by atoms with Crippen molar-refractivity contribution in [2.45, 2.75) is 0 Å². The molecule has 0 bridgehead atoms. The number of carbonyl (C=O) groups excluding carboxylic acids is 1. The third-order valence-corrected chi connectivity index (χ3v) is 0.679. The lowest BCUT2D eigenvalue weighted by molar-refractivity contribution is -0.131. The molecule has 0 spiro atoms. The number of aliphatic carboxylic acids is 1. The van der Waals surface area contributed by atoms with Crippen LogP contribution in [0, 0.1) is 0 Å². The van der Waals surface area contributed by atoms with Crippen LogP contribution < -0.4 is 5.73 Å². The lowest BCUT2D eigenvalue weighted by Crippen LogP contribution is -1.95. The summed E-state index contributed by atoms with van der Waals surface area (Å²) in [5.74, 6) is -1.10. The van der Waals surface area contributed by atoms with Gasteiger partial charge in [0, 0.05) is 17.8 Å². The van der Waals surface area contributed by atoms with Crippen LogP contribution in [0.5, 0.6) is 0 Å². The second kappa shape index (κ2) is 4.31. The summed E-state index contributed by atoms with van der Waals surface area (Å²) >= 11 is 0. The van der Waals surface area contributed by atoms with E-state index in [0.29, 0.717) is 6.29 Å². The molecule has 0 radical (unpaired) electrons. The van der Waals surface area contributed by atoms with Gasteiger partial charge in [0.2, 0.25) is 0 Å². The molecule has 10 heavy (non-hydrogen) atoms. The van der Waals surface area contributed by atoms with E-state index in [1.807, 2.05) is 0 Å². The van der Waals surface area contributed by atoms with Gasteiger partial charge in [0.1, 0.15) is 6.29 Å². The summed E-state index contributed by atoms with van der Waals surface area (Å²) in [6.45, 7) is 0. The number of rotatable bonds is 3. The third-order valence-electron chi connectivity index (χ3n) is 0.679. The van der Waals surface area contributed by atoms with Gasteiger partial charge in [0.15, 0.2) is 0 Å². The summed E-state index contributed by atoms with van der Waals surface area (Å²) in [7, 11) is 0. The van der Waals surface area contributed by atoms with Gasteiger partial charge in [0.25, 0.3) is 0 Å². The fourth-order valence-electron chi connectivity index (χ4n) is 0.302. The van der Waals surface area contributed by atoms with Crippen LogP contribution >= 0.6 is 0 Å². The van der Waals surface area contributed by atoms with Crippen molar-refractivity contribution in [2.24, 2.45) is 5.73 Å². The van der Waals surface area contributed by atoms with Gasteiger partial charge >= 0.3 is 5.97 Å². The van der Waals surface area contributed by atoms with Gasteiger partial charge in [-0.15, -0.1) is 0 Å². The van der Waals surface area contributed by atoms with Crippen LogP contribution in [0.15, 0.2) is 23.9 Å². The molecule has 3 N–H and O–H groups in total. The maximum Gasteiger partial charge on any atom is 0.328 e. The molecule has 0 aliphatic carbocycles. The average molecular weight is 141 g/mol. The minimum absolute atomic E-state index is 0.123. The molecule has 0 aliphatic rings. The molecule has 0 aromatic rings. The Morgan fingerprint density at radius 3 is 2.40 bits per heavy atom. The molecule has 0 amide bonds. The summed E-state index contributed by atoms with van der Waals surface area (Å²) in [5, 5.41) is 8.07. The number of hydrogen-bond acceptors (Lipinski definition) is 3. The first-order valence-electron chi connectivity index (χ1n) is 2.48. The van der Waals surface area contributed by atoms with E-state index in [9.17, 15) is 9.59 Å². The highest BCUT2D eigenvalue weighted by molar-refractivity contribution is 5.80. The van der Waals surface area contributed by atoms with Crippen molar-refractivity contribution in [3.8, 4) is 0 Å². The molecule has 0 heterocycles. The molecule has 4 nitrogen and oxygen atoms in total. The molecule has 0 aromatic heterocycles. The summed E-state index contributed by atoms with van der Waals surface area (Å²) < 4.78 is 0. The lowest BCUT2D eigenvalue weighted by atomic mass is 10.4. The van der Waals surface area contributed by atoms with E-state index >= 15 is 0 Å². The van der Waals surface area contributed by atoms with E-state index in [-0.39, 0.29) is 5.70 Å². The zero-order valence-corrected chi connectivity index (χ0v) is 5.15. The Bertz CT molecular complexity index is 193. The molecule has 0 fully saturated rings. The van der Waals surface area contributed by atoms with Crippen molar-refractivity contribution in [1.82, 2.24) is 0 Å². The number of carbonyl (C=O) groups is 2. The van der Waals surface area contributed by atoms with Crippen LogP contribution in [-0.2, 0) is 9.59 Å². The molecule has 0 saturated carbocycles. The summed E-state index contributed by atoms with van der Waals surface area (Å²) in [6, 6.07) is 0. The number of carboxylic acids is 1. The second-order valence-electron chi connectivity index (χ2n) is 1.47. The fraction of sp³-hybridized carbons (Fsp3) is 0. The van der Waals surface area contributed by atoms with Crippen LogP contribution in [0.1, 0.15) is 0 Å². The maximum atomic E-state index is 9.85. The van der Waals surface area contributed by atoms with Crippen molar-refractivity contribution < 1.29 is 14.7 Å². The van der Waals surface area contributed by atoms with Crippen LogP contribution in [0.4, 0.5) is 0 Å². The van der Waals surface area contributed by atoms with Gasteiger partial charge in [-0.2, -0.15) is 0 Å². The van der Waals surface area contributed by atoms with Gasteiger partial charge in [-0.1, -0.05) is 0 Å². The third kappa shape index (κ3) is 4.58. The molecule has 0 saturated heterocycles. The Morgan fingerprint density at radius 2 is 2.00 bits per heavy atom. The molecule has 4 heteroatoms. The summed E-state index contributed by atoms with van der Waals surface area (Å²) in [5.41, 5.74) is 5.23. The zero-order valence-electron chi connectivity index (χ0n) is 5.15. The van der Waals surface area contributed by atoms with Crippen molar-refractivity contribution in [2.75, 3.05) is 0 Å². The summed E-state index contributed by atoms with van der Waals surface area (Å²) in [6.07, 6.45) is 3.55. The topological polar surface area (TPSA) is 80.4 Å². The Morgan fingerprint density at radius 1 is 1.40 bits per heavy atom. The van der Waals surface area contributed by atoms with Crippen molar-refractivity contribution in [3.05, 3.63) is 23.9 Å². The van der Waals surface area contributed by atoms with E-state index in [0.717, 1.165) is 18.2 Å². The number of allylic oxidation sites excluding steroid dienone is 2. The normalized spacial score (nSPS) is 11.8. The van der Waals surface area contributed by atoms with E-state index in [1.165, 1.54) is 0 Å². The first kappa shape index (κ1) is 8.42. The van der Waals surface area contributed by atoms with E-state index in [4.69, 9.17) is 10.8 Å². The van der Waals surface area contributed by atoms with Crippen molar-refractivity contribution in [3.63, 3.8) is 0 Å². The van der Waals surface area contributed by atoms with E-state index < -0.39 is 5.97 Å². The lowest BCUT2D eigenvalue weighted by Gasteiger charge is -1.84. The van der Waals surface area contributed by atoms with Crippen molar-refractivity contribution >= 4 is 12.3 Å². The van der Waals surface area contributed by atoms with Crippen LogP contribution in [-0.4, -0.2) is 17.4 Å². The molecule has 54 valence electrons. The minimum Gasteiger partial charge on any atom is -0.478 e. The Labute approximate surface area is 57.6 Å². The summed E-state index contributed by atoms with van der Waals surface area (Å²) in [4.78, 5) is 19.6. The van der Waals surface area contributed by atoms with Gasteiger partial charge < -0.3 is 10.8 Å². The van der Waals surface area contributed by atoms with Gasteiger partial charge in [-0.3, -0.25) is 4.79 Å². The second-order valence-corrected chi connectivity index (χ2v) is 1.47. The molecule has 0 aliphatic heterocycles. The maximum absolute atomic E-state index is 9.85. The molecular formula is C6H7NO3. The predicted octanol–water partition coefficient (Wildman–Crippen LogP) is -0.331. The van der Waals surface area contributed by atoms with Crippen LogP contribution in [0.25, 0.3) is 0 Å². The molecular weight excluding hydrogens is 134 g/mol.